The molecule has 2 N–H and O–H groups in total. The summed E-state index contributed by atoms with van der Waals surface area (Å²) in [5, 5.41) is 11.8. The van der Waals surface area contributed by atoms with E-state index in [4.69, 9.17) is 21.4 Å². The van der Waals surface area contributed by atoms with Crippen LogP contribution in [0.2, 0.25) is 5.02 Å². The number of aliphatic carboxylic acids is 1. The number of hydrogen-bond acceptors (Lipinski definition) is 5. The number of Topliss-reactive ketones (excluding diaryl/α,β-unsaturated/α-hetero) is 1. The average Bonchev–Trinajstić information content (AvgIpc) is 2.85. The van der Waals surface area contributed by atoms with Gasteiger partial charge in [-0.05, 0) is 37.6 Å². The predicted octanol–water partition coefficient (Wildman–Crippen LogP) is 6.33. The van der Waals surface area contributed by atoms with E-state index in [9.17, 15) is 22.8 Å². The Morgan fingerprint density at radius 1 is 1.14 bits per heavy atom. The van der Waals surface area contributed by atoms with Crippen molar-refractivity contribution in [3.05, 3.63) is 76.6 Å². The highest BCUT2D eigenvalue weighted by Gasteiger charge is 2.33. The van der Waals surface area contributed by atoms with Gasteiger partial charge in [0.1, 0.15) is 11.4 Å². The molecule has 0 saturated heterocycles. The molecule has 0 unspecified atom stereocenters. The molecule has 0 amide bonds. The number of nitrogens with zero attached hydrogens (tertiary/aromatic N) is 1. The van der Waals surface area contributed by atoms with Gasteiger partial charge in [-0.25, -0.2) is 0 Å². The van der Waals surface area contributed by atoms with Crippen LogP contribution >= 0.6 is 11.6 Å². The van der Waals surface area contributed by atoms with Crippen LogP contribution < -0.4 is 10.1 Å². The van der Waals surface area contributed by atoms with Crippen molar-refractivity contribution >= 4 is 29.0 Å². The Kier molecular flexibility index (Phi) is 9.15. The lowest BCUT2D eigenvalue weighted by atomic mass is 9.98. The van der Waals surface area contributed by atoms with Gasteiger partial charge < -0.3 is 15.2 Å². The van der Waals surface area contributed by atoms with Gasteiger partial charge in [0.15, 0.2) is 5.78 Å². The summed E-state index contributed by atoms with van der Waals surface area (Å²) in [7, 11) is 0. The topological polar surface area (TPSA) is 88.5 Å². The molecule has 10 heteroatoms. The van der Waals surface area contributed by atoms with Crippen LogP contribution in [0.1, 0.15) is 41.4 Å². The molecule has 0 radical (unpaired) electrons. The quantitative estimate of drug-likeness (QED) is 0.181. The van der Waals surface area contributed by atoms with E-state index < -0.39 is 17.8 Å². The molecule has 37 heavy (non-hydrogen) atoms. The molecule has 0 bridgehead atoms. The summed E-state index contributed by atoms with van der Waals surface area (Å²) in [6, 6.07) is 12.4. The molecule has 0 saturated carbocycles. The van der Waals surface area contributed by atoms with Crippen LogP contribution in [0.15, 0.2) is 54.7 Å². The Hall–Kier alpha value is -4.03. The van der Waals surface area contributed by atoms with Crippen molar-refractivity contribution in [2.24, 2.45) is 0 Å². The number of alkyl halides is 3. The first-order chi connectivity index (χ1) is 17.6. The van der Waals surface area contributed by atoms with Crippen molar-refractivity contribution in [3.63, 3.8) is 0 Å². The number of nitrogens with one attached hydrogen (secondary N) is 1. The molecule has 0 aliphatic rings. The van der Waals surface area contributed by atoms with Crippen molar-refractivity contribution in [2.75, 3.05) is 18.5 Å². The maximum atomic E-state index is 13.1. The molecular formula is C27H22ClF3N2O4. The first-order valence-electron chi connectivity index (χ1n) is 11.1. The van der Waals surface area contributed by atoms with E-state index in [0.717, 1.165) is 12.3 Å². The van der Waals surface area contributed by atoms with E-state index in [2.05, 4.69) is 22.1 Å². The summed E-state index contributed by atoms with van der Waals surface area (Å²) in [4.78, 5) is 27.2. The van der Waals surface area contributed by atoms with Gasteiger partial charge in [0.2, 0.25) is 0 Å². The van der Waals surface area contributed by atoms with Crippen molar-refractivity contribution in [1.82, 2.24) is 4.98 Å². The number of benzene rings is 2. The summed E-state index contributed by atoms with van der Waals surface area (Å²) < 4.78 is 45.1. The lowest BCUT2D eigenvalue weighted by Crippen LogP contribution is -2.15. The van der Waals surface area contributed by atoms with Crippen molar-refractivity contribution < 1.29 is 32.6 Å². The summed E-state index contributed by atoms with van der Waals surface area (Å²) in [5.74, 6) is 4.42. The highest BCUT2D eigenvalue weighted by atomic mass is 35.5. The Labute approximate surface area is 216 Å². The minimum atomic E-state index is -4.63. The SMILES string of the molecule is CC#Cc1cc(C(F)(F)F)ncc1-c1cccc(C(=O)CNc2ccccc2OCCCC(=O)O)c1Cl. The second kappa shape index (κ2) is 12.3. The summed E-state index contributed by atoms with van der Waals surface area (Å²) in [5.41, 5.74) is 0.310. The van der Waals surface area contributed by atoms with Crippen LogP contribution in [0.25, 0.3) is 11.1 Å². The van der Waals surface area contributed by atoms with Crippen LogP contribution in [-0.2, 0) is 11.0 Å². The largest absolute Gasteiger partial charge is 0.491 e. The van der Waals surface area contributed by atoms with Crippen LogP contribution in [0, 0.1) is 11.8 Å². The zero-order valence-electron chi connectivity index (χ0n) is 19.7. The molecule has 0 aliphatic carbocycles. The van der Waals surface area contributed by atoms with Crippen molar-refractivity contribution in [3.8, 4) is 28.7 Å². The highest BCUT2D eigenvalue weighted by Crippen LogP contribution is 2.35. The zero-order valence-corrected chi connectivity index (χ0v) is 20.4. The van der Waals surface area contributed by atoms with E-state index in [0.29, 0.717) is 23.4 Å². The fourth-order valence-corrected chi connectivity index (χ4v) is 3.77. The van der Waals surface area contributed by atoms with Gasteiger partial charge in [0, 0.05) is 34.9 Å². The number of hydrogen-bond donors (Lipinski definition) is 2. The molecule has 3 rings (SSSR count). The fraction of sp³-hybridized carbons (Fsp3) is 0.222. The minimum absolute atomic E-state index is 0.0249. The normalized spacial score (nSPS) is 10.8. The predicted molar refractivity (Wildman–Crippen MR) is 134 cm³/mol. The van der Waals surface area contributed by atoms with E-state index in [1.54, 1.807) is 36.4 Å². The second-order valence-corrected chi connectivity index (χ2v) is 8.15. The zero-order chi connectivity index (χ0) is 27.0. The third-order valence-electron chi connectivity index (χ3n) is 5.16. The molecule has 0 fully saturated rings. The number of ether oxygens (including phenoxy) is 1. The lowest BCUT2D eigenvalue weighted by Gasteiger charge is -2.14. The molecular weight excluding hydrogens is 509 g/mol. The Morgan fingerprint density at radius 2 is 1.89 bits per heavy atom. The third kappa shape index (κ3) is 7.24. The Morgan fingerprint density at radius 3 is 2.59 bits per heavy atom. The summed E-state index contributed by atoms with van der Waals surface area (Å²) in [6.45, 7) is 1.54. The van der Waals surface area contributed by atoms with Crippen LogP contribution in [0.5, 0.6) is 5.75 Å². The molecule has 0 aliphatic heterocycles. The van der Waals surface area contributed by atoms with Gasteiger partial charge in [0.25, 0.3) is 0 Å². The van der Waals surface area contributed by atoms with Gasteiger partial charge in [-0.1, -0.05) is 41.8 Å². The number of ketones is 1. The summed E-state index contributed by atoms with van der Waals surface area (Å²) in [6.07, 6.45) is -3.28. The smallest absolute Gasteiger partial charge is 0.433 e. The van der Waals surface area contributed by atoms with E-state index >= 15 is 0 Å². The minimum Gasteiger partial charge on any atom is -0.491 e. The number of aromatic nitrogens is 1. The molecule has 1 heterocycles. The standard InChI is InChI=1S/C27H22ClF3N2O4/c1-2-7-17-14-24(27(29,30)31)33-15-20(17)18-8-5-9-19(26(18)28)22(34)16-32-21-10-3-4-11-23(21)37-13-6-12-25(35)36/h3-5,8-11,14-15,32H,6,12-13,16H2,1H3,(H,35,36). The Balaban J connectivity index is 1.81. The van der Waals surface area contributed by atoms with Gasteiger partial charge in [-0.15, -0.1) is 5.92 Å². The number of carboxylic acid groups (broad SMARTS) is 1. The van der Waals surface area contributed by atoms with Crippen LogP contribution in [0.3, 0.4) is 0 Å². The molecule has 6 nitrogen and oxygen atoms in total. The van der Waals surface area contributed by atoms with Gasteiger partial charge >= 0.3 is 12.1 Å². The molecule has 3 aromatic rings. The number of carboxylic acids is 1. The fourth-order valence-electron chi connectivity index (χ4n) is 3.43. The molecule has 0 spiro atoms. The van der Waals surface area contributed by atoms with Gasteiger partial charge in [0.05, 0.1) is 23.9 Å². The number of pyridine rings is 1. The molecule has 2 aromatic carbocycles. The first kappa shape index (κ1) is 27.6. The van der Waals surface area contributed by atoms with Gasteiger partial charge in [-0.3, -0.25) is 14.6 Å². The molecule has 192 valence electrons. The van der Waals surface area contributed by atoms with Crippen molar-refractivity contribution in [1.29, 1.82) is 0 Å². The average molecular weight is 531 g/mol. The second-order valence-electron chi connectivity index (χ2n) is 7.77. The number of anilines is 1. The van der Waals surface area contributed by atoms with Gasteiger partial charge in [-0.2, -0.15) is 13.2 Å². The third-order valence-corrected chi connectivity index (χ3v) is 5.57. The first-order valence-corrected chi connectivity index (χ1v) is 11.5. The van der Waals surface area contributed by atoms with E-state index in [-0.39, 0.29) is 47.1 Å². The monoisotopic (exact) mass is 530 g/mol. The molecule has 0 atom stereocenters. The number of halogens is 4. The Bertz CT molecular complexity index is 1360. The van der Waals surface area contributed by atoms with Crippen molar-refractivity contribution in [2.45, 2.75) is 25.9 Å². The number of para-hydroxylation sites is 2. The number of carbonyl (C=O) groups excluding carboxylic acids is 1. The van der Waals surface area contributed by atoms with E-state index in [1.807, 2.05) is 0 Å². The highest BCUT2D eigenvalue weighted by molar-refractivity contribution is 6.36. The number of rotatable bonds is 10. The van der Waals surface area contributed by atoms with Crippen LogP contribution in [-0.4, -0.2) is 35.0 Å². The summed E-state index contributed by atoms with van der Waals surface area (Å²) >= 11 is 6.54. The van der Waals surface area contributed by atoms with Crippen LogP contribution in [0.4, 0.5) is 18.9 Å². The maximum Gasteiger partial charge on any atom is 0.433 e. The number of carbonyl (C=O) groups is 2. The maximum absolute atomic E-state index is 13.1. The van der Waals surface area contributed by atoms with E-state index in [1.165, 1.54) is 13.0 Å². The lowest BCUT2D eigenvalue weighted by molar-refractivity contribution is -0.141. The molecule has 1 aromatic heterocycles.